The van der Waals surface area contributed by atoms with E-state index in [4.69, 9.17) is 13.8 Å². The van der Waals surface area contributed by atoms with Gasteiger partial charge in [0.15, 0.2) is 11.5 Å². The maximum absolute atomic E-state index is 12.1. The van der Waals surface area contributed by atoms with E-state index in [1.54, 1.807) is 18.2 Å². The molecule has 2 aromatic rings. The van der Waals surface area contributed by atoms with Crippen molar-refractivity contribution in [2.45, 2.75) is 32.6 Å². The van der Waals surface area contributed by atoms with Crippen molar-refractivity contribution in [2.24, 2.45) is 0 Å². The van der Waals surface area contributed by atoms with E-state index in [0.717, 1.165) is 24.9 Å². The third-order valence-corrected chi connectivity index (χ3v) is 6.23. The minimum absolute atomic E-state index is 0.0986. The van der Waals surface area contributed by atoms with Crippen molar-refractivity contribution in [3.63, 3.8) is 0 Å². The van der Waals surface area contributed by atoms with Gasteiger partial charge in [0, 0.05) is 6.42 Å². The molecule has 8 heteroatoms. The molecule has 32 heavy (non-hydrogen) atoms. The molecule has 2 N–H and O–H groups in total. The molecule has 0 aliphatic carbocycles. The zero-order valence-corrected chi connectivity index (χ0v) is 20.3. The first-order valence-electron chi connectivity index (χ1n) is 11.1. The van der Waals surface area contributed by atoms with Crippen LogP contribution in [0.25, 0.3) is 0 Å². The van der Waals surface area contributed by atoms with Crippen LogP contribution in [0.1, 0.15) is 30.9 Å². The zero-order valence-electron chi connectivity index (χ0n) is 19.4. The highest BCUT2D eigenvalue weighted by Gasteiger charge is 2.23. The van der Waals surface area contributed by atoms with Gasteiger partial charge in [-0.25, -0.2) is 4.57 Å². The number of quaternary nitrogens is 1. The number of phosphoric acid groups is 1. The number of hydrogen-bond acceptors (Lipinski definition) is 5. The predicted molar refractivity (Wildman–Crippen MR) is 126 cm³/mol. The molecule has 0 fully saturated rings. The quantitative estimate of drug-likeness (QED) is 0.227. The standard InChI is InChI=1S/C24H36NO6P/c1-4-29-24-20-22(14-15-23(24)26)13-9-18-30-32(27,28)31-19-17-25(2,3)16-8-12-21-10-6-5-7-11-21/h5-7,10-11,14-15,20H,4,8-9,12-13,16-19H2,1-3H3,(H-,26,27,28)/p+1. The van der Waals surface area contributed by atoms with Gasteiger partial charge in [-0.1, -0.05) is 36.4 Å². The molecule has 0 aliphatic rings. The Kier molecular flexibility index (Phi) is 10.7. The number of aryl methyl sites for hydroxylation is 2. The Morgan fingerprint density at radius 1 is 0.906 bits per heavy atom. The molecule has 0 aliphatic heterocycles. The van der Waals surface area contributed by atoms with Gasteiger partial charge >= 0.3 is 7.82 Å². The van der Waals surface area contributed by atoms with E-state index < -0.39 is 7.82 Å². The Bertz CT molecular complexity index is 859. The molecule has 1 atom stereocenters. The van der Waals surface area contributed by atoms with Crippen molar-refractivity contribution in [2.75, 3.05) is 47.0 Å². The highest BCUT2D eigenvalue weighted by molar-refractivity contribution is 7.47. The monoisotopic (exact) mass is 466 g/mol. The molecule has 0 bridgehead atoms. The number of ether oxygens (including phenoxy) is 1. The number of rotatable bonds is 15. The Morgan fingerprint density at radius 3 is 2.31 bits per heavy atom. The highest BCUT2D eigenvalue weighted by Crippen LogP contribution is 2.43. The fraction of sp³-hybridized carbons (Fsp3) is 0.500. The van der Waals surface area contributed by atoms with Gasteiger partial charge in [-0.15, -0.1) is 0 Å². The van der Waals surface area contributed by atoms with Crippen LogP contribution in [0.15, 0.2) is 48.5 Å². The lowest BCUT2D eigenvalue weighted by atomic mass is 10.1. The van der Waals surface area contributed by atoms with Crippen LogP contribution in [-0.2, 0) is 26.5 Å². The van der Waals surface area contributed by atoms with Crippen molar-refractivity contribution in [1.82, 2.24) is 0 Å². The largest absolute Gasteiger partial charge is 0.504 e. The van der Waals surface area contributed by atoms with Gasteiger partial charge in [0.05, 0.1) is 33.9 Å². The fourth-order valence-electron chi connectivity index (χ4n) is 3.35. The van der Waals surface area contributed by atoms with Crippen LogP contribution in [0.3, 0.4) is 0 Å². The number of phosphoric ester groups is 1. The van der Waals surface area contributed by atoms with Crippen LogP contribution >= 0.6 is 7.82 Å². The number of likely N-dealkylation sites (N-methyl/N-ethyl adjacent to an activating group) is 1. The first-order chi connectivity index (χ1) is 15.2. The summed E-state index contributed by atoms with van der Waals surface area (Å²) in [4.78, 5) is 9.93. The van der Waals surface area contributed by atoms with Gasteiger partial charge in [0.25, 0.3) is 0 Å². The summed E-state index contributed by atoms with van der Waals surface area (Å²) >= 11 is 0. The number of hydrogen-bond donors (Lipinski definition) is 2. The van der Waals surface area contributed by atoms with E-state index >= 15 is 0 Å². The Hall–Kier alpha value is -1.89. The number of phenols is 1. The highest BCUT2D eigenvalue weighted by atomic mass is 31.2. The second-order valence-electron chi connectivity index (χ2n) is 8.45. The first kappa shape index (κ1) is 26.4. The topological polar surface area (TPSA) is 85.2 Å². The van der Waals surface area contributed by atoms with Crippen LogP contribution in [0.4, 0.5) is 0 Å². The minimum atomic E-state index is -4.08. The lowest BCUT2D eigenvalue weighted by Crippen LogP contribution is -2.43. The Morgan fingerprint density at radius 2 is 1.59 bits per heavy atom. The summed E-state index contributed by atoms with van der Waals surface area (Å²) in [5.41, 5.74) is 2.27. The SMILES string of the molecule is CCOc1cc(CCCOP(=O)(O)OCC[N+](C)(C)CCCc2ccccc2)ccc1O. The number of aromatic hydroxyl groups is 1. The number of phenolic OH excluding ortho intramolecular Hbond substituents is 1. The van der Waals surface area contributed by atoms with Crippen molar-refractivity contribution in [3.8, 4) is 11.5 Å². The third kappa shape index (κ3) is 10.2. The van der Waals surface area contributed by atoms with Gasteiger partial charge in [-0.05, 0) is 49.4 Å². The maximum atomic E-state index is 12.1. The number of nitrogens with zero attached hydrogens (tertiary/aromatic N) is 1. The van der Waals surface area contributed by atoms with Gasteiger partial charge in [-0.3, -0.25) is 9.05 Å². The number of benzene rings is 2. The summed E-state index contributed by atoms with van der Waals surface area (Å²) in [7, 11) is 0.102. The second kappa shape index (κ2) is 13.0. The van der Waals surface area contributed by atoms with Gasteiger partial charge < -0.3 is 19.2 Å². The van der Waals surface area contributed by atoms with Gasteiger partial charge in [0.1, 0.15) is 13.2 Å². The molecule has 1 unspecified atom stereocenters. The average Bonchev–Trinajstić information content (AvgIpc) is 2.74. The maximum Gasteiger partial charge on any atom is 0.472 e. The molecular formula is C24H37NO6P+. The molecule has 0 amide bonds. The molecule has 178 valence electrons. The van der Waals surface area contributed by atoms with E-state index in [1.165, 1.54) is 5.56 Å². The summed E-state index contributed by atoms with van der Waals surface area (Å²) in [6, 6.07) is 15.5. The lowest BCUT2D eigenvalue weighted by Gasteiger charge is -2.30. The summed E-state index contributed by atoms with van der Waals surface area (Å²) in [6.07, 6.45) is 3.22. The first-order valence-corrected chi connectivity index (χ1v) is 12.6. The molecule has 0 saturated heterocycles. The van der Waals surface area contributed by atoms with Crippen LogP contribution in [-0.4, -0.2) is 61.5 Å². The molecular weight excluding hydrogens is 429 g/mol. The predicted octanol–water partition coefficient (Wildman–Crippen LogP) is 4.57. The normalized spacial score (nSPS) is 13.6. The molecule has 2 rings (SSSR count). The average molecular weight is 467 g/mol. The fourth-order valence-corrected chi connectivity index (χ4v) is 4.10. The van der Waals surface area contributed by atoms with Crippen molar-refractivity contribution in [3.05, 3.63) is 59.7 Å². The second-order valence-corrected chi connectivity index (χ2v) is 9.90. The van der Waals surface area contributed by atoms with Crippen LogP contribution in [0.2, 0.25) is 0 Å². The summed E-state index contributed by atoms with van der Waals surface area (Å²) in [5.74, 6) is 0.535. The van der Waals surface area contributed by atoms with Crippen LogP contribution < -0.4 is 4.74 Å². The van der Waals surface area contributed by atoms with Crippen LogP contribution in [0.5, 0.6) is 11.5 Å². The summed E-state index contributed by atoms with van der Waals surface area (Å²) < 4.78 is 28.5. The van der Waals surface area contributed by atoms with Crippen molar-refractivity contribution in [1.29, 1.82) is 0 Å². The van der Waals surface area contributed by atoms with E-state index in [-0.39, 0.29) is 19.0 Å². The van der Waals surface area contributed by atoms with Crippen molar-refractivity contribution >= 4 is 7.82 Å². The van der Waals surface area contributed by atoms with E-state index in [9.17, 15) is 14.6 Å². The van der Waals surface area contributed by atoms with Crippen LogP contribution in [0, 0.1) is 0 Å². The Balaban J connectivity index is 1.64. The molecule has 0 spiro atoms. The van der Waals surface area contributed by atoms with Gasteiger partial charge in [0.2, 0.25) is 0 Å². The third-order valence-electron chi connectivity index (χ3n) is 5.21. The summed E-state index contributed by atoms with van der Waals surface area (Å²) in [5, 5.41) is 9.75. The van der Waals surface area contributed by atoms with E-state index in [2.05, 4.69) is 26.2 Å². The van der Waals surface area contributed by atoms with Crippen molar-refractivity contribution < 1.29 is 32.8 Å². The molecule has 0 radical (unpaired) electrons. The molecule has 7 nitrogen and oxygen atoms in total. The van der Waals surface area contributed by atoms with E-state index in [1.807, 2.05) is 25.1 Å². The summed E-state index contributed by atoms with van der Waals surface area (Å²) in [6.45, 7) is 4.15. The minimum Gasteiger partial charge on any atom is -0.504 e. The Labute approximate surface area is 191 Å². The van der Waals surface area contributed by atoms with E-state index in [0.29, 0.717) is 36.2 Å². The smallest absolute Gasteiger partial charge is 0.472 e. The molecule has 0 saturated carbocycles. The molecule has 0 heterocycles. The molecule has 0 aromatic heterocycles. The van der Waals surface area contributed by atoms with Gasteiger partial charge in [-0.2, -0.15) is 0 Å². The molecule has 2 aromatic carbocycles. The zero-order chi connectivity index (χ0) is 23.5. The lowest BCUT2D eigenvalue weighted by molar-refractivity contribution is -0.890.